The molecule has 1 atom stereocenters. The van der Waals surface area contributed by atoms with E-state index in [9.17, 15) is 4.79 Å². The van der Waals surface area contributed by atoms with Gasteiger partial charge in [-0.25, -0.2) is 4.99 Å². The van der Waals surface area contributed by atoms with Crippen LogP contribution in [0.15, 0.2) is 29.3 Å². The van der Waals surface area contributed by atoms with Crippen molar-refractivity contribution in [1.29, 1.82) is 0 Å². The number of ether oxygens (including phenoxy) is 1. The first kappa shape index (κ1) is 15.4. The maximum Gasteiger partial charge on any atom is 0.231 e. The quantitative estimate of drug-likeness (QED) is 0.847. The highest BCUT2D eigenvalue weighted by molar-refractivity contribution is 8.14. The van der Waals surface area contributed by atoms with Crippen molar-refractivity contribution >= 4 is 28.5 Å². The van der Waals surface area contributed by atoms with Crippen LogP contribution in [0.5, 0.6) is 5.75 Å². The normalized spacial score (nSPS) is 23.6. The number of rotatable bonds is 4. The fraction of sp³-hybridized carbons (Fsp3) is 0.529. The monoisotopic (exact) mass is 318 g/mol. The number of carbonyl (C=O) groups is 1. The summed E-state index contributed by atoms with van der Waals surface area (Å²) in [6.45, 7) is 4.67. The molecule has 22 heavy (non-hydrogen) atoms. The van der Waals surface area contributed by atoms with Crippen molar-refractivity contribution in [2.45, 2.75) is 39.2 Å². The first-order chi connectivity index (χ1) is 10.7. The summed E-state index contributed by atoms with van der Waals surface area (Å²) < 4.78 is 5.63. The van der Waals surface area contributed by atoms with E-state index in [2.05, 4.69) is 6.92 Å². The van der Waals surface area contributed by atoms with Gasteiger partial charge in [0.1, 0.15) is 11.4 Å². The number of aliphatic imine (C=N–C) groups is 1. The van der Waals surface area contributed by atoms with Crippen LogP contribution in [0.25, 0.3) is 0 Å². The molecule has 1 heterocycles. The van der Waals surface area contributed by atoms with Crippen LogP contribution in [0.4, 0.5) is 5.69 Å². The van der Waals surface area contributed by atoms with Crippen LogP contribution in [0.2, 0.25) is 0 Å². The minimum absolute atomic E-state index is 0.202. The second-order valence-corrected chi connectivity index (χ2v) is 6.78. The van der Waals surface area contributed by atoms with Crippen molar-refractivity contribution in [2.75, 3.05) is 12.4 Å². The van der Waals surface area contributed by atoms with Crippen molar-refractivity contribution in [3.63, 3.8) is 0 Å². The predicted molar refractivity (Wildman–Crippen MR) is 90.8 cm³/mol. The van der Waals surface area contributed by atoms with Crippen molar-refractivity contribution in [3.05, 3.63) is 24.3 Å². The van der Waals surface area contributed by atoms with Crippen LogP contribution in [0, 0.1) is 5.92 Å². The van der Waals surface area contributed by atoms with Gasteiger partial charge in [-0.15, -0.1) is 0 Å². The summed E-state index contributed by atoms with van der Waals surface area (Å²) in [5, 5.41) is 0.816. The largest absolute Gasteiger partial charge is 0.492 e. The number of para-hydroxylation sites is 2. The van der Waals surface area contributed by atoms with Crippen molar-refractivity contribution < 1.29 is 9.53 Å². The van der Waals surface area contributed by atoms with Crippen LogP contribution in [-0.4, -0.2) is 34.4 Å². The standard InChI is InChI=1S/C17H22N2O2S/c1-3-21-15-10-5-4-9-14(15)18-17-19(12(2)11-22-17)16(20)13-7-6-8-13/h4-5,9-10,12-13H,3,6-8,11H2,1-2H3/t12-/m1/s1. The number of hydrogen-bond acceptors (Lipinski definition) is 4. The van der Waals surface area contributed by atoms with E-state index in [1.807, 2.05) is 36.1 Å². The van der Waals surface area contributed by atoms with E-state index in [-0.39, 0.29) is 17.9 Å². The molecule has 0 bridgehead atoms. The Hall–Kier alpha value is -1.49. The first-order valence-electron chi connectivity index (χ1n) is 7.97. The average molecular weight is 318 g/mol. The van der Waals surface area contributed by atoms with Gasteiger partial charge in [0.15, 0.2) is 5.17 Å². The molecular formula is C17H22N2O2S. The molecule has 0 spiro atoms. The van der Waals surface area contributed by atoms with Crippen LogP contribution in [0.3, 0.4) is 0 Å². The second kappa shape index (κ2) is 6.73. The number of carbonyl (C=O) groups excluding carboxylic acids is 1. The molecule has 118 valence electrons. The van der Waals surface area contributed by atoms with E-state index >= 15 is 0 Å². The Morgan fingerprint density at radius 2 is 2.18 bits per heavy atom. The average Bonchev–Trinajstić information content (AvgIpc) is 2.80. The minimum atomic E-state index is 0.202. The van der Waals surface area contributed by atoms with Gasteiger partial charge in [0.05, 0.1) is 6.61 Å². The van der Waals surface area contributed by atoms with E-state index in [1.165, 1.54) is 6.42 Å². The Kier molecular flexibility index (Phi) is 4.71. The van der Waals surface area contributed by atoms with Gasteiger partial charge in [-0.1, -0.05) is 30.3 Å². The molecule has 0 N–H and O–H groups in total. The Morgan fingerprint density at radius 1 is 1.41 bits per heavy atom. The molecule has 1 aromatic rings. The fourth-order valence-electron chi connectivity index (χ4n) is 2.71. The molecule has 1 aliphatic carbocycles. The van der Waals surface area contributed by atoms with Gasteiger partial charge in [0.25, 0.3) is 0 Å². The summed E-state index contributed by atoms with van der Waals surface area (Å²) in [6.07, 6.45) is 3.22. The zero-order valence-corrected chi connectivity index (χ0v) is 13.9. The van der Waals surface area contributed by atoms with Gasteiger partial charge < -0.3 is 4.74 Å². The van der Waals surface area contributed by atoms with Crippen LogP contribution in [0.1, 0.15) is 33.1 Å². The SMILES string of the molecule is CCOc1ccccc1N=C1SC[C@@H](C)N1C(=O)C1CCC1. The number of hydrogen-bond donors (Lipinski definition) is 0. The van der Waals surface area contributed by atoms with Crippen LogP contribution < -0.4 is 4.74 Å². The van der Waals surface area contributed by atoms with E-state index in [1.54, 1.807) is 11.8 Å². The van der Waals surface area contributed by atoms with Crippen molar-refractivity contribution in [1.82, 2.24) is 4.90 Å². The third kappa shape index (κ3) is 3.00. The summed E-state index contributed by atoms with van der Waals surface area (Å²) in [5.41, 5.74) is 0.798. The Labute approximate surface area is 135 Å². The van der Waals surface area contributed by atoms with Gasteiger partial charge in [-0.3, -0.25) is 9.69 Å². The zero-order valence-electron chi connectivity index (χ0n) is 13.1. The highest BCUT2D eigenvalue weighted by atomic mass is 32.2. The summed E-state index contributed by atoms with van der Waals surface area (Å²) >= 11 is 1.66. The van der Waals surface area contributed by atoms with Crippen molar-refractivity contribution in [2.24, 2.45) is 10.9 Å². The highest BCUT2D eigenvalue weighted by Gasteiger charge is 2.38. The van der Waals surface area contributed by atoms with Crippen molar-refractivity contribution in [3.8, 4) is 5.75 Å². The fourth-order valence-corrected chi connectivity index (χ4v) is 3.82. The third-order valence-corrected chi connectivity index (χ3v) is 5.37. The third-order valence-electron chi connectivity index (χ3n) is 4.17. The molecule has 3 rings (SSSR count). The maximum atomic E-state index is 12.6. The zero-order chi connectivity index (χ0) is 15.5. The summed E-state index contributed by atoms with van der Waals surface area (Å²) in [7, 11) is 0. The predicted octanol–water partition coefficient (Wildman–Crippen LogP) is 3.84. The topological polar surface area (TPSA) is 41.9 Å². The van der Waals surface area contributed by atoms with Gasteiger partial charge in [-0.05, 0) is 38.8 Å². The lowest BCUT2D eigenvalue weighted by molar-refractivity contribution is -0.134. The van der Waals surface area contributed by atoms with Crippen LogP contribution in [-0.2, 0) is 4.79 Å². The van der Waals surface area contributed by atoms with Gasteiger partial charge >= 0.3 is 0 Å². The number of amidine groups is 1. The number of thioether (sulfide) groups is 1. The second-order valence-electron chi connectivity index (χ2n) is 5.79. The van der Waals surface area contributed by atoms with E-state index in [0.717, 1.165) is 35.2 Å². The highest BCUT2D eigenvalue weighted by Crippen LogP contribution is 2.35. The Bertz CT molecular complexity index is 584. The lowest BCUT2D eigenvalue weighted by Crippen LogP contribution is -2.43. The summed E-state index contributed by atoms with van der Waals surface area (Å²) in [4.78, 5) is 19.3. The van der Waals surface area contributed by atoms with Gasteiger partial charge in [-0.2, -0.15) is 0 Å². The molecule has 0 unspecified atom stereocenters. The summed E-state index contributed by atoms with van der Waals surface area (Å²) in [5.74, 6) is 2.13. The molecular weight excluding hydrogens is 296 g/mol. The molecule has 4 nitrogen and oxygen atoms in total. The number of amides is 1. The minimum Gasteiger partial charge on any atom is -0.492 e. The summed E-state index contributed by atoms with van der Waals surface area (Å²) in [6, 6.07) is 7.97. The molecule has 1 aromatic carbocycles. The smallest absolute Gasteiger partial charge is 0.231 e. The molecule has 0 aromatic heterocycles. The molecule has 1 saturated heterocycles. The molecule has 5 heteroatoms. The molecule has 2 fully saturated rings. The Balaban J connectivity index is 1.87. The lowest BCUT2D eigenvalue weighted by atomic mass is 9.84. The van der Waals surface area contributed by atoms with Gasteiger partial charge in [0, 0.05) is 17.7 Å². The molecule has 0 radical (unpaired) electrons. The van der Waals surface area contributed by atoms with Crippen LogP contribution >= 0.6 is 11.8 Å². The van der Waals surface area contributed by atoms with Gasteiger partial charge in [0.2, 0.25) is 5.91 Å². The first-order valence-corrected chi connectivity index (χ1v) is 8.95. The Morgan fingerprint density at radius 3 is 2.86 bits per heavy atom. The van der Waals surface area contributed by atoms with E-state index in [0.29, 0.717) is 6.61 Å². The molecule has 2 aliphatic rings. The lowest BCUT2D eigenvalue weighted by Gasteiger charge is -2.31. The van der Waals surface area contributed by atoms with E-state index in [4.69, 9.17) is 9.73 Å². The maximum absolute atomic E-state index is 12.6. The van der Waals surface area contributed by atoms with E-state index < -0.39 is 0 Å². The molecule has 1 aliphatic heterocycles. The number of nitrogens with zero attached hydrogens (tertiary/aromatic N) is 2. The molecule has 1 amide bonds. The molecule has 1 saturated carbocycles. The number of benzene rings is 1.